The monoisotopic (exact) mass is 417 g/mol. The van der Waals surface area contributed by atoms with Crippen LogP contribution >= 0.6 is 0 Å². The number of halogens is 1. The fourth-order valence-corrected chi connectivity index (χ4v) is 4.02. The molecule has 0 spiro atoms. The van der Waals surface area contributed by atoms with Crippen LogP contribution in [0, 0.1) is 36.4 Å². The summed E-state index contributed by atoms with van der Waals surface area (Å²) in [6, 6.07) is 11.7. The van der Waals surface area contributed by atoms with Crippen LogP contribution in [0.25, 0.3) is 0 Å². The van der Waals surface area contributed by atoms with E-state index in [1.807, 2.05) is 12.1 Å². The molecule has 0 saturated carbocycles. The van der Waals surface area contributed by atoms with E-state index < -0.39 is 0 Å². The first-order valence-corrected chi connectivity index (χ1v) is 10.7. The first-order valence-electron chi connectivity index (χ1n) is 10.7. The van der Waals surface area contributed by atoms with Crippen LogP contribution in [0.4, 0.5) is 14.9 Å². The maximum absolute atomic E-state index is 13.1. The highest BCUT2D eigenvalue weighted by Crippen LogP contribution is 2.21. The van der Waals surface area contributed by atoms with E-state index >= 15 is 0 Å². The molecule has 0 radical (unpaired) electrons. The van der Waals surface area contributed by atoms with Gasteiger partial charge in [-0.05, 0) is 80.6 Å². The van der Waals surface area contributed by atoms with Crippen LogP contribution in [0.1, 0.15) is 36.0 Å². The molecule has 1 heterocycles. The number of benzene rings is 2. The molecule has 1 aliphatic heterocycles. The zero-order chi connectivity index (χ0) is 22.1. The van der Waals surface area contributed by atoms with Crippen LogP contribution in [0.15, 0.2) is 42.5 Å². The van der Waals surface area contributed by atoms with Gasteiger partial charge in [-0.1, -0.05) is 24.0 Å². The van der Waals surface area contributed by atoms with Gasteiger partial charge in [-0.2, -0.15) is 0 Å². The van der Waals surface area contributed by atoms with Gasteiger partial charge in [-0.15, -0.1) is 12.8 Å². The number of rotatable bonds is 7. The number of hydrogen-bond donors (Lipinski definition) is 2. The van der Waals surface area contributed by atoms with Crippen LogP contribution in [0.2, 0.25) is 0 Å². The molecule has 0 bridgehead atoms. The third kappa shape index (κ3) is 7.17. The SMILES string of the molecule is C#Cc1cc(C#C)cc(NC(=O)NCCCN2CCC[C@@H](Cc3ccc(F)cc3)C2)c1. The van der Waals surface area contributed by atoms with Crippen molar-refractivity contribution in [3.05, 3.63) is 65.0 Å². The van der Waals surface area contributed by atoms with Crippen LogP contribution in [-0.2, 0) is 6.42 Å². The van der Waals surface area contributed by atoms with Crippen molar-refractivity contribution in [3.63, 3.8) is 0 Å². The zero-order valence-electron chi connectivity index (χ0n) is 17.7. The molecule has 31 heavy (non-hydrogen) atoms. The number of amides is 2. The second-order valence-corrected chi connectivity index (χ2v) is 7.96. The number of carbonyl (C=O) groups is 1. The molecule has 0 aromatic heterocycles. The van der Waals surface area contributed by atoms with Gasteiger partial charge in [-0.25, -0.2) is 9.18 Å². The Hall–Kier alpha value is -3.28. The number of nitrogens with one attached hydrogen (secondary N) is 2. The second-order valence-electron chi connectivity index (χ2n) is 7.96. The van der Waals surface area contributed by atoms with Gasteiger partial charge in [0.15, 0.2) is 0 Å². The Morgan fingerprint density at radius 1 is 1.13 bits per heavy atom. The first-order chi connectivity index (χ1) is 15.1. The van der Waals surface area contributed by atoms with Crippen molar-refractivity contribution in [2.24, 2.45) is 5.92 Å². The third-order valence-corrected chi connectivity index (χ3v) is 5.50. The van der Waals surface area contributed by atoms with Crippen LogP contribution in [0.3, 0.4) is 0 Å². The Morgan fingerprint density at radius 2 is 1.84 bits per heavy atom. The topological polar surface area (TPSA) is 44.4 Å². The average Bonchev–Trinajstić information content (AvgIpc) is 2.78. The molecular weight excluding hydrogens is 389 g/mol. The number of carbonyl (C=O) groups excluding carboxylic acids is 1. The molecule has 5 heteroatoms. The highest BCUT2D eigenvalue weighted by atomic mass is 19.1. The Bertz CT molecular complexity index is 939. The Morgan fingerprint density at radius 3 is 2.52 bits per heavy atom. The van der Waals surface area contributed by atoms with Gasteiger partial charge in [0.1, 0.15) is 5.82 Å². The van der Waals surface area contributed by atoms with Gasteiger partial charge in [0, 0.05) is 29.9 Å². The second kappa shape index (κ2) is 11.2. The van der Waals surface area contributed by atoms with E-state index in [9.17, 15) is 9.18 Å². The van der Waals surface area contributed by atoms with E-state index in [-0.39, 0.29) is 11.8 Å². The van der Waals surface area contributed by atoms with E-state index in [1.165, 1.54) is 30.5 Å². The predicted octanol–water partition coefficient (Wildman–Crippen LogP) is 4.25. The number of piperidine rings is 1. The number of anilines is 1. The first kappa shape index (κ1) is 22.4. The standard InChI is InChI=1S/C26H28FN3O/c1-3-20-15-21(4-2)18-25(17-20)29-26(31)28-12-6-14-30-13-5-7-23(19-30)16-22-8-10-24(27)11-9-22/h1-2,8-11,15,17-18,23H,5-7,12-14,16,19H2,(H2,28,29,31)/t23-/m0/s1. The highest BCUT2D eigenvalue weighted by Gasteiger charge is 2.19. The predicted molar refractivity (Wildman–Crippen MR) is 123 cm³/mol. The van der Waals surface area contributed by atoms with Crippen LogP contribution < -0.4 is 10.6 Å². The Balaban J connectivity index is 1.38. The summed E-state index contributed by atoms with van der Waals surface area (Å²) in [7, 11) is 0. The van der Waals surface area contributed by atoms with Crippen LogP contribution in [-0.4, -0.2) is 37.1 Å². The van der Waals surface area contributed by atoms with E-state index in [4.69, 9.17) is 12.8 Å². The summed E-state index contributed by atoms with van der Waals surface area (Å²) in [5.74, 6) is 5.47. The Labute approximate surface area is 184 Å². The molecule has 0 unspecified atom stereocenters. The molecule has 1 aliphatic rings. The van der Waals surface area contributed by atoms with Crippen molar-refractivity contribution in [3.8, 4) is 24.7 Å². The summed E-state index contributed by atoms with van der Waals surface area (Å²) in [6.07, 6.45) is 15.1. The molecule has 2 amide bonds. The third-order valence-electron chi connectivity index (χ3n) is 5.50. The summed E-state index contributed by atoms with van der Waals surface area (Å²) in [5, 5.41) is 5.67. The summed E-state index contributed by atoms with van der Waals surface area (Å²) >= 11 is 0. The maximum Gasteiger partial charge on any atom is 0.319 e. The van der Waals surface area contributed by atoms with Crippen molar-refractivity contribution in [2.75, 3.05) is 31.5 Å². The summed E-state index contributed by atoms with van der Waals surface area (Å²) < 4.78 is 13.1. The number of nitrogens with zero attached hydrogens (tertiary/aromatic N) is 1. The summed E-state index contributed by atoms with van der Waals surface area (Å²) in [5.41, 5.74) is 3.03. The quantitative estimate of drug-likeness (QED) is 0.522. The zero-order valence-corrected chi connectivity index (χ0v) is 17.7. The van der Waals surface area contributed by atoms with Crippen molar-refractivity contribution in [1.29, 1.82) is 0 Å². The normalized spacial score (nSPS) is 16.2. The summed E-state index contributed by atoms with van der Waals surface area (Å²) in [4.78, 5) is 14.6. The van der Waals surface area contributed by atoms with E-state index in [0.717, 1.165) is 32.5 Å². The fraction of sp³-hybridized carbons (Fsp3) is 0.346. The Kier molecular flexibility index (Phi) is 8.10. The molecule has 160 valence electrons. The minimum atomic E-state index is -0.273. The van der Waals surface area contributed by atoms with Gasteiger partial charge in [-0.3, -0.25) is 0 Å². The van der Waals surface area contributed by atoms with Gasteiger partial charge >= 0.3 is 6.03 Å². The minimum Gasteiger partial charge on any atom is -0.338 e. The van der Waals surface area contributed by atoms with Crippen LogP contribution in [0.5, 0.6) is 0 Å². The maximum atomic E-state index is 13.1. The van der Waals surface area contributed by atoms with Crippen molar-refractivity contribution in [2.45, 2.75) is 25.7 Å². The fourth-order valence-electron chi connectivity index (χ4n) is 4.02. The van der Waals surface area contributed by atoms with E-state index in [1.54, 1.807) is 18.2 Å². The number of hydrogen-bond acceptors (Lipinski definition) is 2. The molecule has 2 aromatic rings. The van der Waals surface area contributed by atoms with E-state index in [0.29, 0.717) is 29.3 Å². The molecular formula is C26H28FN3O. The highest BCUT2D eigenvalue weighted by molar-refractivity contribution is 5.89. The number of urea groups is 1. The lowest BCUT2D eigenvalue weighted by Gasteiger charge is -2.32. The van der Waals surface area contributed by atoms with Gasteiger partial charge in [0.2, 0.25) is 0 Å². The number of likely N-dealkylation sites (tertiary alicyclic amines) is 1. The van der Waals surface area contributed by atoms with Crippen molar-refractivity contribution in [1.82, 2.24) is 10.2 Å². The number of terminal acetylenes is 2. The molecule has 2 aromatic carbocycles. The average molecular weight is 418 g/mol. The molecule has 2 N–H and O–H groups in total. The van der Waals surface area contributed by atoms with Gasteiger partial charge in [0.25, 0.3) is 0 Å². The smallest absolute Gasteiger partial charge is 0.319 e. The van der Waals surface area contributed by atoms with Gasteiger partial charge < -0.3 is 15.5 Å². The summed E-state index contributed by atoms with van der Waals surface area (Å²) in [6.45, 7) is 3.65. The minimum absolute atomic E-state index is 0.189. The molecule has 4 nitrogen and oxygen atoms in total. The van der Waals surface area contributed by atoms with E-state index in [2.05, 4.69) is 27.4 Å². The van der Waals surface area contributed by atoms with Gasteiger partial charge in [0.05, 0.1) is 0 Å². The molecule has 0 aliphatic carbocycles. The largest absolute Gasteiger partial charge is 0.338 e. The molecule has 1 saturated heterocycles. The lowest BCUT2D eigenvalue weighted by atomic mass is 9.91. The molecule has 1 atom stereocenters. The lowest BCUT2D eigenvalue weighted by Crippen LogP contribution is -2.38. The molecule has 3 rings (SSSR count). The lowest BCUT2D eigenvalue weighted by molar-refractivity contribution is 0.172. The van der Waals surface area contributed by atoms with Crippen molar-refractivity contribution < 1.29 is 9.18 Å². The molecule has 1 fully saturated rings. The van der Waals surface area contributed by atoms with Crippen molar-refractivity contribution >= 4 is 11.7 Å².